The van der Waals surface area contributed by atoms with E-state index in [2.05, 4.69) is 25.1 Å². The summed E-state index contributed by atoms with van der Waals surface area (Å²) in [6.45, 7) is 1.92. The van der Waals surface area contributed by atoms with E-state index in [0.717, 1.165) is 31.2 Å². The van der Waals surface area contributed by atoms with Crippen molar-refractivity contribution in [2.45, 2.75) is 13.5 Å². The van der Waals surface area contributed by atoms with Crippen molar-refractivity contribution in [3.8, 4) is 56.4 Å². The van der Waals surface area contributed by atoms with Crippen LogP contribution in [0.15, 0.2) is 171 Å². The molecule has 5 heterocycles. The van der Waals surface area contributed by atoms with Crippen molar-refractivity contribution in [2.75, 3.05) is 7.11 Å². The average Bonchev–Trinajstić information content (AvgIpc) is 3.36. The second-order valence-electron chi connectivity index (χ2n) is 16.1. The molecule has 0 aliphatic carbocycles. The van der Waals surface area contributed by atoms with E-state index in [1.807, 2.05) is 79.7 Å². The predicted octanol–water partition coefficient (Wildman–Crippen LogP) is 9.11. The van der Waals surface area contributed by atoms with Gasteiger partial charge < -0.3 is 19.4 Å². The van der Waals surface area contributed by atoms with E-state index in [9.17, 15) is 19.2 Å². The maximum atomic E-state index is 14.2. The van der Waals surface area contributed by atoms with Crippen molar-refractivity contribution in [2.24, 2.45) is 0 Å². The number of rotatable bonds is 9. The first kappa shape index (κ1) is 41.7. The van der Waals surface area contributed by atoms with Crippen LogP contribution in [0.3, 0.4) is 0 Å². The smallest absolute Gasteiger partial charge is 0.333 e. The van der Waals surface area contributed by atoms with E-state index in [-0.39, 0.29) is 12.0 Å². The minimum atomic E-state index is -0.622. The number of aromatic amines is 2. The van der Waals surface area contributed by atoms with Crippen LogP contribution in [0.5, 0.6) is 11.5 Å². The third-order valence-electron chi connectivity index (χ3n) is 12.1. The monoisotopic (exact) mass is 914 g/mol. The molecule has 0 aliphatic rings. The highest BCUT2D eigenvalue weighted by Crippen LogP contribution is 2.39. The van der Waals surface area contributed by atoms with Crippen molar-refractivity contribution in [3.05, 3.63) is 210 Å². The lowest BCUT2D eigenvalue weighted by molar-refractivity contribution is 0.301. The lowest BCUT2D eigenvalue weighted by Crippen LogP contribution is -2.33. The Kier molecular flexibility index (Phi) is 10.3. The Balaban J connectivity index is 0.930. The summed E-state index contributed by atoms with van der Waals surface area (Å²) < 4.78 is 14.1. The summed E-state index contributed by atoms with van der Waals surface area (Å²) in [6, 6.07) is 38.0. The molecular weight excluding hydrogens is 880 g/mol. The van der Waals surface area contributed by atoms with Crippen molar-refractivity contribution < 1.29 is 9.47 Å². The molecule has 0 spiro atoms. The fraction of sp³-hybridized carbons (Fsp3) is 0.0566. The van der Waals surface area contributed by atoms with E-state index in [1.165, 1.54) is 12.4 Å². The van der Waals surface area contributed by atoms with Gasteiger partial charge in [-0.2, -0.15) is 10.2 Å². The van der Waals surface area contributed by atoms with Gasteiger partial charge in [0, 0.05) is 38.9 Å². The van der Waals surface area contributed by atoms with Crippen LogP contribution in [0.2, 0.25) is 5.02 Å². The summed E-state index contributed by atoms with van der Waals surface area (Å²) in [6.07, 6.45) is 6.23. The number of aryl methyl sites for hydroxylation is 1. The first-order valence-electron chi connectivity index (χ1n) is 21.3. The number of pyridine rings is 2. The third-order valence-corrected chi connectivity index (χ3v) is 12.5. The van der Waals surface area contributed by atoms with Gasteiger partial charge in [0.2, 0.25) is 0 Å². The van der Waals surface area contributed by atoms with Gasteiger partial charge in [-0.3, -0.25) is 19.6 Å². The number of benzene rings is 6. The van der Waals surface area contributed by atoms with Crippen LogP contribution in [-0.2, 0) is 6.61 Å². The van der Waals surface area contributed by atoms with Crippen LogP contribution in [0.25, 0.3) is 88.2 Å². The van der Waals surface area contributed by atoms with E-state index in [0.29, 0.717) is 88.6 Å². The summed E-state index contributed by atoms with van der Waals surface area (Å²) in [5, 5.41) is 12.4. The number of halogens is 1. The fourth-order valence-corrected chi connectivity index (χ4v) is 9.09. The molecule has 0 radical (unpaired) electrons. The number of nitrogens with one attached hydrogen (secondary N) is 2. The van der Waals surface area contributed by atoms with Gasteiger partial charge in [-0.05, 0) is 83.8 Å². The Morgan fingerprint density at radius 1 is 0.632 bits per heavy atom. The summed E-state index contributed by atoms with van der Waals surface area (Å²) in [4.78, 5) is 70.5. The molecule has 0 bridgehead atoms. The normalized spacial score (nSPS) is 11.5. The molecule has 330 valence electrons. The molecule has 0 fully saturated rings. The Labute approximate surface area is 389 Å². The SMILES string of the molecule is COc1ccc(C)c(-c2ccc3c(=O)n(-c4cnc(-c5ccnnc5COc5cccc(Cl)c5-c5ccc6c(=O)n(-c7cncc8ccccc78)c(=O)[nH]c6c5)c5ccccc45)c(=O)[nH]c3c2)c1. The number of H-pyrrole nitrogens is 2. The zero-order valence-corrected chi connectivity index (χ0v) is 36.9. The van der Waals surface area contributed by atoms with Gasteiger partial charge in [-0.15, -0.1) is 0 Å². The molecule has 15 heteroatoms. The van der Waals surface area contributed by atoms with Gasteiger partial charge in [-0.1, -0.05) is 84.4 Å². The highest BCUT2D eigenvalue weighted by molar-refractivity contribution is 6.33. The molecule has 0 unspecified atom stereocenters. The number of ether oxygens (including phenoxy) is 2. The van der Waals surface area contributed by atoms with E-state index in [4.69, 9.17) is 26.1 Å². The highest BCUT2D eigenvalue weighted by atomic mass is 35.5. The Hall–Kier alpha value is -9.01. The summed E-state index contributed by atoms with van der Waals surface area (Å²) in [5.74, 6) is 1.10. The van der Waals surface area contributed by atoms with Crippen LogP contribution in [0, 0.1) is 6.92 Å². The Morgan fingerprint density at radius 3 is 2.06 bits per heavy atom. The maximum absolute atomic E-state index is 14.2. The second kappa shape index (κ2) is 16.8. The molecule has 11 aromatic rings. The minimum absolute atomic E-state index is 0.0659. The Bertz CT molecular complexity index is 4120. The number of hydrogen-bond acceptors (Lipinski definition) is 10. The summed E-state index contributed by atoms with van der Waals surface area (Å²) in [5.41, 5.74) is 4.58. The van der Waals surface area contributed by atoms with E-state index < -0.39 is 22.5 Å². The average molecular weight is 915 g/mol. The van der Waals surface area contributed by atoms with Crippen molar-refractivity contribution in [3.63, 3.8) is 0 Å². The van der Waals surface area contributed by atoms with Crippen molar-refractivity contribution in [1.29, 1.82) is 0 Å². The van der Waals surface area contributed by atoms with Crippen LogP contribution in [0.4, 0.5) is 0 Å². The quantitative estimate of drug-likeness (QED) is 0.142. The van der Waals surface area contributed by atoms with Crippen LogP contribution < -0.4 is 32.0 Å². The third kappa shape index (κ3) is 7.07. The van der Waals surface area contributed by atoms with Crippen LogP contribution >= 0.6 is 11.6 Å². The standard InChI is InChI=1S/C53H35ClN8O6/c1-29-14-17-33(67-2)24-40(29)30-15-18-38-42(22-30)58-53(66)62(51(38)64)46-27-56-49(36-11-6-5-10-35(36)46)37-20-21-57-60-44(37)28-68-47-13-7-12-41(54)48(47)31-16-19-39-43(23-31)59-52(65)61(50(39)63)45-26-55-25-32-8-3-4-9-34(32)45/h3-27H,28H2,1-2H3,(H,58,66)(H,59,65). The fourth-order valence-electron chi connectivity index (χ4n) is 8.82. The molecule has 2 N–H and O–H groups in total. The summed E-state index contributed by atoms with van der Waals surface area (Å²) >= 11 is 6.86. The molecule has 14 nitrogen and oxygen atoms in total. The molecular formula is C53H35ClN8O6. The number of nitrogens with zero attached hydrogens (tertiary/aromatic N) is 6. The van der Waals surface area contributed by atoms with Gasteiger partial charge in [0.05, 0.1) is 69.6 Å². The van der Waals surface area contributed by atoms with Gasteiger partial charge in [0.1, 0.15) is 23.8 Å². The zero-order chi connectivity index (χ0) is 46.6. The number of fused-ring (bicyclic) bond motifs is 4. The lowest BCUT2D eigenvalue weighted by Gasteiger charge is -2.16. The Morgan fingerprint density at radius 2 is 1.31 bits per heavy atom. The lowest BCUT2D eigenvalue weighted by atomic mass is 9.99. The molecule has 11 rings (SSSR count). The maximum Gasteiger partial charge on any atom is 0.333 e. The first-order valence-corrected chi connectivity index (χ1v) is 21.7. The topological polar surface area (TPSA) is 180 Å². The molecule has 0 atom stereocenters. The van der Waals surface area contributed by atoms with E-state index >= 15 is 0 Å². The molecule has 0 amide bonds. The van der Waals surface area contributed by atoms with Crippen LogP contribution in [-0.4, -0.2) is 46.4 Å². The molecule has 0 aliphatic heterocycles. The molecule has 0 saturated heterocycles. The number of hydrogen-bond donors (Lipinski definition) is 2. The highest BCUT2D eigenvalue weighted by Gasteiger charge is 2.21. The molecule has 68 heavy (non-hydrogen) atoms. The van der Waals surface area contributed by atoms with Crippen molar-refractivity contribution in [1.82, 2.24) is 39.3 Å². The van der Waals surface area contributed by atoms with Gasteiger partial charge >= 0.3 is 11.4 Å². The second-order valence-corrected chi connectivity index (χ2v) is 16.5. The molecule has 0 saturated carbocycles. The van der Waals surface area contributed by atoms with Gasteiger partial charge in [-0.25, -0.2) is 18.7 Å². The largest absolute Gasteiger partial charge is 0.497 e. The molecule has 6 aromatic carbocycles. The van der Waals surface area contributed by atoms with Crippen molar-refractivity contribution >= 4 is 55.0 Å². The van der Waals surface area contributed by atoms with E-state index in [1.54, 1.807) is 74.1 Å². The zero-order valence-electron chi connectivity index (χ0n) is 36.2. The van der Waals surface area contributed by atoms with Gasteiger partial charge in [0.15, 0.2) is 0 Å². The number of methoxy groups -OCH3 is 1. The summed E-state index contributed by atoms with van der Waals surface area (Å²) in [7, 11) is 1.60. The van der Waals surface area contributed by atoms with Crippen LogP contribution in [0.1, 0.15) is 11.3 Å². The van der Waals surface area contributed by atoms with Gasteiger partial charge in [0.25, 0.3) is 11.1 Å². The predicted molar refractivity (Wildman–Crippen MR) is 263 cm³/mol. The molecule has 5 aromatic heterocycles. The first-order chi connectivity index (χ1) is 33.2. The number of aromatic nitrogens is 8. The minimum Gasteiger partial charge on any atom is -0.497 e.